The normalized spacial score (nSPS) is 18.1. The van der Waals surface area contributed by atoms with Gasteiger partial charge in [-0.05, 0) is 37.5 Å². The van der Waals surface area contributed by atoms with E-state index in [0.29, 0.717) is 6.04 Å². The number of hydrogen-bond acceptors (Lipinski definition) is 1. The van der Waals surface area contributed by atoms with Crippen LogP contribution in [0.25, 0.3) is 0 Å². The van der Waals surface area contributed by atoms with Crippen molar-refractivity contribution in [2.24, 2.45) is 0 Å². The van der Waals surface area contributed by atoms with Crippen molar-refractivity contribution in [3.63, 3.8) is 0 Å². The van der Waals surface area contributed by atoms with E-state index in [4.69, 9.17) is 0 Å². The van der Waals surface area contributed by atoms with Gasteiger partial charge in [0.05, 0.1) is 0 Å². The predicted molar refractivity (Wildman–Crippen MR) is 74.0 cm³/mol. The molecule has 0 radical (unpaired) electrons. The molecule has 1 fully saturated rings. The summed E-state index contributed by atoms with van der Waals surface area (Å²) in [7, 11) is 0. The van der Waals surface area contributed by atoms with Gasteiger partial charge < -0.3 is 5.32 Å². The molecule has 88 valence electrons. The molecule has 0 spiro atoms. The predicted octanol–water partition coefficient (Wildman–Crippen LogP) is 4.89. The smallest absolute Gasteiger partial charge is 0.0353 e. The molecule has 1 nitrogen and oxygen atoms in total. The zero-order valence-electron chi connectivity index (χ0n) is 9.93. The minimum atomic E-state index is 0.678. The van der Waals surface area contributed by atoms with E-state index >= 15 is 0 Å². The van der Waals surface area contributed by atoms with Gasteiger partial charge in [0.2, 0.25) is 0 Å². The molecule has 0 amide bonds. The summed E-state index contributed by atoms with van der Waals surface area (Å²) >= 11 is 3.59. The third-order valence-electron chi connectivity index (χ3n) is 3.40. The molecule has 0 heterocycles. The van der Waals surface area contributed by atoms with E-state index in [9.17, 15) is 0 Å². The number of aryl methyl sites for hydroxylation is 1. The highest BCUT2D eigenvalue weighted by Gasteiger charge is 2.11. The summed E-state index contributed by atoms with van der Waals surface area (Å²) in [5.74, 6) is 0. The molecule has 2 heteroatoms. The van der Waals surface area contributed by atoms with Crippen molar-refractivity contribution < 1.29 is 0 Å². The largest absolute Gasteiger partial charge is 0.382 e. The Morgan fingerprint density at radius 1 is 1.12 bits per heavy atom. The first-order valence-electron chi connectivity index (χ1n) is 6.28. The van der Waals surface area contributed by atoms with Gasteiger partial charge in [-0.25, -0.2) is 0 Å². The van der Waals surface area contributed by atoms with Crippen LogP contribution >= 0.6 is 15.9 Å². The van der Waals surface area contributed by atoms with Gasteiger partial charge in [-0.1, -0.05) is 47.7 Å². The molecule has 0 bridgehead atoms. The molecule has 0 saturated heterocycles. The number of rotatable bonds is 2. The quantitative estimate of drug-likeness (QED) is 0.761. The fourth-order valence-electron chi connectivity index (χ4n) is 2.34. The molecule has 1 aromatic rings. The van der Waals surface area contributed by atoms with E-state index in [2.05, 4.69) is 46.4 Å². The van der Waals surface area contributed by atoms with Crippen LogP contribution in [0.15, 0.2) is 22.7 Å². The standard InChI is InChI=1S/C14H20BrN/c1-11-8-9-13(10-14(11)15)16-12-6-4-2-3-5-7-12/h8-10,12,16H,2-7H2,1H3. The number of anilines is 1. The van der Waals surface area contributed by atoms with Gasteiger partial charge in [-0.15, -0.1) is 0 Å². The molecular formula is C14H20BrN. The number of hydrogen-bond donors (Lipinski definition) is 1. The summed E-state index contributed by atoms with van der Waals surface area (Å²) in [6, 6.07) is 7.23. The molecule has 0 unspecified atom stereocenters. The molecule has 0 aromatic heterocycles. The van der Waals surface area contributed by atoms with Crippen molar-refractivity contribution in [3.05, 3.63) is 28.2 Å². The monoisotopic (exact) mass is 281 g/mol. The summed E-state index contributed by atoms with van der Waals surface area (Å²) in [6.07, 6.45) is 8.23. The Balaban J connectivity index is 1.99. The Hall–Kier alpha value is -0.500. The molecule has 1 saturated carbocycles. The van der Waals surface area contributed by atoms with Gasteiger partial charge in [0.25, 0.3) is 0 Å². The van der Waals surface area contributed by atoms with Crippen LogP contribution in [0.2, 0.25) is 0 Å². The van der Waals surface area contributed by atoms with Crippen molar-refractivity contribution in [2.45, 2.75) is 51.5 Å². The Bertz CT molecular complexity index is 341. The molecular weight excluding hydrogens is 262 g/mol. The van der Waals surface area contributed by atoms with Crippen LogP contribution in [-0.4, -0.2) is 6.04 Å². The first-order valence-corrected chi connectivity index (χ1v) is 7.08. The minimum Gasteiger partial charge on any atom is -0.382 e. The summed E-state index contributed by atoms with van der Waals surface area (Å²) in [4.78, 5) is 0. The lowest BCUT2D eigenvalue weighted by molar-refractivity contribution is 0.620. The van der Waals surface area contributed by atoms with Crippen LogP contribution in [0.3, 0.4) is 0 Å². The lowest BCUT2D eigenvalue weighted by atomic mass is 10.1. The van der Waals surface area contributed by atoms with Crippen LogP contribution < -0.4 is 5.32 Å². The van der Waals surface area contributed by atoms with Gasteiger partial charge in [-0.2, -0.15) is 0 Å². The van der Waals surface area contributed by atoms with Gasteiger partial charge >= 0.3 is 0 Å². The van der Waals surface area contributed by atoms with Crippen molar-refractivity contribution in [1.82, 2.24) is 0 Å². The SMILES string of the molecule is Cc1ccc(NC2CCCCCC2)cc1Br. The Morgan fingerprint density at radius 2 is 1.81 bits per heavy atom. The summed E-state index contributed by atoms with van der Waals surface area (Å²) in [5.41, 5.74) is 2.55. The topological polar surface area (TPSA) is 12.0 Å². The van der Waals surface area contributed by atoms with E-state index in [1.54, 1.807) is 0 Å². The Kier molecular flexibility index (Phi) is 4.28. The number of nitrogens with one attached hydrogen (secondary N) is 1. The fourth-order valence-corrected chi connectivity index (χ4v) is 2.72. The maximum Gasteiger partial charge on any atom is 0.0353 e. The lowest BCUT2D eigenvalue weighted by Gasteiger charge is -2.18. The average molecular weight is 282 g/mol. The molecule has 16 heavy (non-hydrogen) atoms. The van der Waals surface area contributed by atoms with Gasteiger partial charge in [0, 0.05) is 16.2 Å². The van der Waals surface area contributed by atoms with E-state index in [1.165, 1.54) is 54.2 Å². The maximum absolute atomic E-state index is 3.66. The second-order valence-corrected chi connectivity index (χ2v) is 5.65. The third-order valence-corrected chi connectivity index (χ3v) is 4.25. The van der Waals surface area contributed by atoms with E-state index in [1.807, 2.05) is 0 Å². The lowest BCUT2D eigenvalue weighted by Crippen LogP contribution is -2.18. The van der Waals surface area contributed by atoms with Gasteiger partial charge in [-0.3, -0.25) is 0 Å². The number of benzene rings is 1. The van der Waals surface area contributed by atoms with Crippen LogP contribution in [0.4, 0.5) is 5.69 Å². The van der Waals surface area contributed by atoms with Crippen molar-refractivity contribution in [2.75, 3.05) is 5.32 Å². The first-order chi connectivity index (χ1) is 7.75. The zero-order chi connectivity index (χ0) is 11.4. The molecule has 1 aliphatic rings. The second kappa shape index (κ2) is 5.72. The minimum absolute atomic E-state index is 0.678. The zero-order valence-corrected chi connectivity index (χ0v) is 11.5. The summed E-state index contributed by atoms with van der Waals surface area (Å²) < 4.78 is 1.20. The molecule has 1 aromatic carbocycles. The van der Waals surface area contributed by atoms with E-state index in [-0.39, 0.29) is 0 Å². The van der Waals surface area contributed by atoms with E-state index < -0.39 is 0 Å². The second-order valence-electron chi connectivity index (χ2n) is 4.80. The van der Waals surface area contributed by atoms with Crippen LogP contribution in [0.1, 0.15) is 44.1 Å². The molecule has 0 atom stereocenters. The molecule has 1 N–H and O–H groups in total. The summed E-state index contributed by atoms with van der Waals surface area (Å²) in [5, 5.41) is 3.66. The van der Waals surface area contributed by atoms with Gasteiger partial charge in [0.1, 0.15) is 0 Å². The van der Waals surface area contributed by atoms with Crippen LogP contribution in [0.5, 0.6) is 0 Å². The van der Waals surface area contributed by atoms with Crippen LogP contribution in [-0.2, 0) is 0 Å². The van der Waals surface area contributed by atoms with Crippen molar-refractivity contribution in [3.8, 4) is 0 Å². The highest BCUT2D eigenvalue weighted by Crippen LogP contribution is 2.24. The van der Waals surface area contributed by atoms with Crippen molar-refractivity contribution in [1.29, 1.82) is 0 Å². The Labute approximate surface area is 107 Å². The van der Waals surface area contributed by atoms with Gasteiger partial charge in [0.15, 0.2) is 0 Å². The fraction of sp³-hybridized carbons (Fsp3) is 0.571. The highest BCUT2D eigenvalue weighted by molar-refractivity contribution is 9.10. The molecule has 1 aliphatic carbocycles. The van der Waals surface area contributed by atoms with Crippen molar-refractivity contribution >= 4 is 21.6 Å². The third kappa shape index (κ3) is 3.24. The molecule has 0 aliphatic heterocycles. The molecule has 2 rings (SSSR count). The maximum atomic E-state index is 3.66. The van der Waals surface area contributed by atoms with Crippen LogP contribution in [0, 0.1) is 6.92 Å². The average Bonchev–Trinajstić information content (AvgIpc) is 2.52. The summed E-state index contributed by atoms with van der Waals surface area (Å²) in [6.45, 7) is 2.12. The highest BCUT2D eigenvalue weighted by atomic mass is 79.9. The van der Waals surface area contributed by atoms with E-state index in [0.717, 1.165) is 0 Å². The first kappa shape index (κ1) is 12.0. The Morgan fingerprint density at radius 3 is 2.44 bits per heavy atom. The number of halogens is 1.